The summed E-state index contributed by atoms with van der Waals surface area (Å²) in [5, 5.41) is 3.35. The Morgan fingerprint density at radius 3 is 2.41 bits per heavy atom. The molecule has 96 valence electrons. The third-order valence-electron chi connectivity index (χ3n) is 2.61. The molecule has 1 aromatic rings. The fourth-order valence-corrected chi connectivity index (χ4v) is 1.79. The largest absolute Gasteiger partial charge is 0.497 e. The van der Waals surface area contributed by atoms with Gasteiger partial charge in [-0.25, -0.2) is 0 Å². The Morgan fingerprint density at radius 1 is 1.18 bits per heavy atom. The van der Waals surface area contributed by atoms with Crippen LogP contribution in [0.3, 0.4) is 0 Å². The van der Waals surface area contributed by atoms with Crippen LogP contribution in [0.25, 0.3) is 0 Å². The molecule has 0 spiro atoms. The van der Waals surface area contributed by atoms with Crippen LogP contribution in [0, 0.1) is 0 Å². The molecule has 0 saturated heterocycles. The highest BCUT2D eigenvalue weighted by molar-refractivity contribution is 5.30. The SMILES string of the molecule is CCNC(c1cccc(OC)c1)C(OC)OC. The Labute approximate surface area is 103 Å². The van der Waals surface area contributed by atoms with Crippen molar-refractivity contribution < 1.29 is 14.2 Å². The topological polar surface area (TPSA) is 39.7 Å². The van der Waals surface area contributed by atoms with Crippen molar-refractivity contribution >= 4 is 0 Å². The van der Waals surface area contributed by atoms with Gasteiger partial charge >= 0.3 is 0 Å². The third kappa shape index (κ3) is 3.70. The average Bonchev–Trinajstić information content (AvgIpc) is 2.39. The van der Waals surface area contributed by atoms with E-state index in [-0.39, 0.29) is 12.3 Å². The van der Waals surface area contributed by atoms with Gasteiger partial charge in [-0.1, -0.05) is 19.1 Å². The molecule has 0 aliphatic heterocycles. The van der Waals surface area contributed by atoms with Gasteiger partial charge in [0, 0.05) is 14.2 Å². The summed E-state index contributed by atoms with van der Waals surface area (Å²) in [5.74, 6) is 0.830. The van der Waals surface area contributed by atoms with Gasteiger partial charge in [0.2, 0.25) is 0 Å². The molecule has 1 atom stereocenters. The zero-order chi connectivity index (χ0) is 12.7. The summed E-state index contributed by atoms with van der Waals surface area (Å²) in [5.41, 5.74) is 1.08. The molecule has 17 heavy (non-hydrogen) atoms. The molecule has 4 heteroatoms. The standard InChI is InChI=1S/C13H21NO3/c1-5-14-12(13(16-3)17-4)10-7-6-8-11(9-10)15-2/h6-9,12-14H,5H2,1-4H3. The van der Waals surface area contributed by atoms with Crippen LogP contribution < -0.4 is 10.1 Å². The molecule has 0 amide bonds. The first-order valence-corrected chi connectivity index (χ1v) is 5.69. The van der Waals surface area contributed by atoms with Gasteiger partial charge in [0.1, 0.15) is 5.75 Å². The second-order valence-corrected chi connectivity index (χ2v) is 3.65. The minimum atomic E-state index is -0.318. The Morgan fingerprint density at radius 2 is 1.88 bits per heavy atom. The van der Waals surface area contributed by atoms with Gasteiger partial charge in [0.15, 0.2) is 6.29 Å². The highest BCUT2D eigenvalue weighted by Gasteiger charge is 2.22. The van der Waals surface area contributed by atoms with Crippen LogP contribution in [0.2, 0.25) is 0 Å². The van der Waals surface area contributed by atoms with Crippen molar-refractivity contribution in [3.63, 3.8) is 0 Å². The van der Waals surface area contributed by atoms with Gasteiger partial charge in [-0.05, 0) is 24.2 Å². The van der Waals surface area contributed by atoms with Crippen molar-refractivity contribution in [3.8, 4) is 5.75 Å². The van der Waals surface area contributed by atoms with E-state index < -0.39 is 0 Å². The summed E-state index contributed by atoms with van der Waals surface area (Å²) in [6.45, 7) is 2.89. The van der Waals surface area contributed by atoms with Crippen molar-refractivity contribution in [2.75, 3.05) is 27.9 Å². The highest BCUT2D eigenvalue weighted by Crippen LogP contribution is 2.23. The van der Waals surface area contributed by atoms with Crippen LogP contribution in [0.4, 0.5) is 0 Å². The van der Waals surface area contributed by atoms with E-state index in [0.29, 0.717) is 0 Å². The molecule has 1 N–H and O–H groups in total. The van der Waals surface area contributed by atoms with Crippen LogP contribution in [0.1, 0.15) is 18.5 Å². The smallest absolute Gasteiger partial charge is 0.176 e. The van der Waals surface area contributed by atoms with Crippen LogP contribution >= 0.6 is 0 Å². The predicted molar refractivity (Wildman–Crippen MR) is 67.2 cm³/mol. The lowest BCUT2D eigenvalue weighted by atomic mass is 10.1. The molecule has 0 radical (unpaired) electrons. The number of hydrogen-bond donors (Lipinski definition) is 1. The van der Waals surface area contributed by atoms with E-state index in [4.69, 9.17) is 14.2 Å². The molecule has 1 unspecified atom stereocenters. The molecular weight excluding hydrogens is 218 g/mol. The fourth-order valence-electron chi connectivity index (χ4n) is 1.79. The predicted octanol–water partition coefficient (Wildman–Crippen LogP) is 1.96. The molecular formula is C13H21NO3. The summed E-state index contributed by atoms with van der Waals surface area (Å²) in [6.07, 6.45) is -0.318. The van der Waals surface area contributed by atoms with Gasteiger partial charge < -0.3 is 19.5 Å². The minimum absolute atomic E-state index is 0.00917. The maximum absolute atomic E-state index is 5.32. The lowest BCUT2D eigenvalue weighted by molar-refractivity contribution is -0.123. The zero-order valence-corrected chi connectivity index (χ0v) is 10.9. The zero-order valence-electron chi connectivity index (χ0n) is 10.9. The van der Waals surface area contributed by atoms with Gasteiger partial charge in [-0.2, -0.15) is 0 Å². The number of methoxy groups -OCH3 is 3. The minimum Gasteiger partial charge on any atom is -0.497 e. The van der Waals surface area contributed by atoms with Crippen LogP contribution in [0.5, 0.6) is 5.75 Å². The maximum Gasteiger partial charge on any atom is 0.176 e. The first-order chi connectivity index (χ1) is 8.26. The molecule has 1 aromatic carbocycles. The van der Waals surface area contributed by atoms with Crippen molar-refractivity contribution in [1.29, 1.82) is 0 Å². The van der Waals surface area contributed by atoms with E-state index in [9.17, 15) is 0 Å². The fraction of sp³-hybridized carbons (Fsp3) is 0.538. The van der Waals surface area contributed by atoms with E-state index in [0.717, 1.165) is 17.9 Å². The normalized spacial score (nSPS) is 12.8. The monoisotopic (exact) mass is 239 g/mol. The van der Waals surface area contributed by atoms with Gasteiger partial charge in [-0.3, -0.25) is 0 Å². The van der Waals surface area contributed by atoms with Crippen molar-refractivity contribution in [3.05, 3.63) is 29.8 Å². The summed E-state index contributed by atoms with van der Waals surface area (Å²) in [4.78, 5) is 0. The van der Waals surface area contributed by atoms with Crippen molar-refractivity contribution in [2.24, 2.45) is 0 Å². The summed E-state index contributed by atoms with van der Waals surface area (Å²) < 4.78 is 15.9. The number of nitrogens with one attached hydrogen (secondary N) is 1. The van der Waals surface area contributed by atoms with Crippen molar-refractivity contribution in [1.82, 2.24) is 5.32 Å². The van der Waals surface area contributed by atoms with Crippen LogP contribution in [-0.4, -0.2) is 34.2 Å². The van der Waals surface area contributed by atoms with E-state index in [1.165, 1.54) is 0 Å². The number of likely N-dealkylation sites (N-methyl/N-ethyl adjacent to an activating group) is 1. The second-order valence-electron chi connectivity index (χ2n) is 3.65. The summed E-state index contributed by atoms with van der Waals surface area (Å²) >= 11 is 0. The number of benzene rings is 1. The molecule has 0 fully saturated rings. The van der Waals surface area contributed by atoms with Crippen molar-refractivity contribution in [2.45, 2.75) is 19.3 Å². The molecule has 0 aliphatic carbocycles. The molecule has 0 bridgehead atoms. The Balaban J connectivity index is 2.94. The van der Waals surface area contributed by atoms with E-state index >= 15 is 0 Å². The second kappa shape index (κ2) is 7.27. The summed E-state index contributed by atoms with van der Waals surface area (Å²) in [6, 6.07) is 7.88. The molecule has 1 rings (SSSR count). The summed E-state index contributed by atoms with van der Waals surface area (Å²) in [7, 11) is 4.93. The first-order valence-electron chi connectivity index (χ1n) is 5.69. The van der Waals surface area contributed by atoms with Crippen LogP contribution in [-0.2, 0) is 9.47 Å². The molecule has 0 aromatic heterocycles. The highest BCUT2D eigenvalue weighted by atomic mass is 16.7. The number of rotatable bonds is 7. The van der Waals surface area contributed by atoms with Gasteiger partial charge in [0.25, 0.3) is 0 Å². The maximum atomic E-state index is 5.32. The van der Waals surface area contributed by atoms with E-state index in [1.54, 1.807) is 21.3 Å². The Bertz CT molecular complexity index is 326. The van der Waals surface area contributed by atoms with Gasteiger partial charge in [0.05, 0.1) is 13.2 Å². The quantitative estimate of drug-likeness (QED) is 0.738. The van der Waals surface area contributed by atoms with Gasteiger partial charge in [-0.15, -0.1) is 0 Å². The lowest BCUT2D eigenvalue weighted by Crippen LogP contribution is -2.34. The van der Waals surface area contributed by atoms with E-state index in [1.807, 2.05) is 24.3 Å². The Hall–Kier alpha value is -1.10. The number of ether oxygens (including phenoxy) is 3. The number of hydrogen-bond acceptors (Lipinski definition) is 4. The molecule has 4 nitrogen and oxygen atoms in total. The average molecular weight is 239 g/mol. The molecule has 0 aliphatic rings. The lowest BCUT2D eigenvalue weighted by Gasteiger charge is -2.26. The third-order valence-corrected chi connectivity index (χ3v) is 2.61. The molecule has 0 heterocycles. The van der Waals surface area contributed by atoms with E-state index in [2.05, 4.69) is 12.2 Å². The van der Waals surface area contributed by atoms with Crippen LogP contribution in [0.15, 0.2) is 24.3 Å². The Kier molecular flexibility index (Phi) is 5.97. The molecule has 0 saturated carbocycles. The first kappa shape index (κ1) is 14.0.